The van der Waals surface area contributed by atoms with Crippen LogP contribution < -0.4 is 10.2 Å². The second-order valence-corrected chi connectivity index (χ2v) is 5.30. The molecule has 0 bridgehead atoms. The highest BCUT2D eigenvalue weighted by Gasteiger charge is 2.32. The summed E-state index contributed by atoms with van der Waals surface area (Å²) in [6, 6.07) is 1.68. The van der Waals surface area contributed by atoms with E-state index in [-0.39, 0.29) is 18.3 Å². The molecule has 5 nitrogen and oxygen atoms in total. The van der Waals surface area contributed by atoms with Gasteiger partial charge in [-0.1, -0.05) is 0 Å². The minimum absolute atomic E-state index is 0. The van der Waals surface area contributed by atoms with Gasteiger partial charge >= 0.3 is 0 Å². The van der Waals surface area contributed by atoms with Crippen molar-refractivity contribution in [2.75, 3.05) is 18.5 Å². The summed E-state index contributed by atoms with van der Waals surface area (Å²) in [6.07, 6.45) is 3.88. The van der Waals surface area contributed by atoms with Crippen LogP contribution in [0.3, 0.4) is 0 Å². The minimum atomic E-state index is -0.944. The van der Waals surface area contributed by atoms with Crippen LogP contribution in [0.25, 0.3) is 0 Å². The largest absolute Gasteiger partial charge is 0.310 e. The van der Waals surface area contributed by atoms with Crippen molar-refractivity contribution >= 4 is 24.0 Å². The molecule has 0 spiro atoms. The van der Waals surface area contributed by atoms with Gasteiger partial charge in [0.2, 0.25) is 5.91 Å². The van der Waals surface area contributed by atoms with E-state index in [0.717, 1.165) is 17.7 Å². The fourth-order valence-corrected chi connectivity index (χ4v) is 2.79. The number of hydrogen-bond acceptors (Lipinski definition) is 3. The summed E-state index contributed by atoms with van der Waals surface area (Å²) in [7, 11) is 3.45. The van der Waals surface area contributed by atoms with Gasteiger partial charge in [0.05, 0.1) is 11.9 Å². The Morgan fingerprint density at radius 3 is 2.65 bits per heavy atom. The van der Waals surface area contributed by atoms with Crippen LogP contribution in [0.15, 0.2) is 24.5 Å². The maximum Gasteiger partial charge on any atom is 0.248 e. The molecular weight excluding hydrogens is 326 g/mol. The third kappa shape index (κ3) is 3.07. The third-order valence-corrected chi connectivity index (χ3v) is 3.88. The fourth-order valence-electron chi connectivity index (χ4n) is 2.79. The number of nitrogens with zero attached hydrogens (tertiary/aromatic N) is 3. The van der Waals surface area contributed by atoms with Gasteiger partial charge in [-0.05, 0) is 25.1 Å². The van der Waals surface area contributed by atoms with E-state index in [4.69, 9.17) is 0 Å². The van der Waals surface area contributed by atoms with Crippen molar-refractivity contribution in [3.63, 3.8) is 0 Å². The van der Waals surface area contributed by atoms with Gasteiger partial charge in [-0.15, -0.1) is 12.4 Å². The molecule has 0 radical (unpaired) electrons. The number of hydrogen-bond donors (Lipinski definition) is 1. The first-order valence-electron chi connectivity index (χ1n) is 6.96. The Bertz CT molecular complexity index is 734. The van der Waals surface area contributed by atoms with Crippen molar-refractivity contribution in [2.24, 2.45) is 7.05 Å². The number of aromatic nitrogens is 2. The molecule has 1 N–H and O–H groups in total. The molecule has 3 rings (SSSR count). The lowest BCUT2D eigenvalue weighted by molar-refractivity contribution is -0.120. The standard InChI is InChI=1S/C15H16F2N4O.ClH/c1-18-14(10-7-19-20(2)8-10)15(22)21-4-3-9-5-11(16)12(17)6-13(9)21;/h5-8,14,18H,3-4H2,1-2H3;1H. The highest BCUT2D eigenvalue weighted by molar-refractivity contribution is 5.99. The van der Waals surface area contributed by atoms with Crippen LogP contribution in [0.1, 0.15) is 17.2 Å². The first-order chi connectivity index (χ1) is 10.5. The summed E-state index contributed by atoms with van der Waals surface area (Å²) in [4.78, 5) is 14.2. The van der Waals surface area contributed by atoms with Gasteiger partial charge in [-0.2, -0.15) is 5.10 Å². The van der Waals surface area contributed by atoms with Crippen molar-refractivity contribution in [1.82, 2.24) is 15.1 Å². The second kappa shape index (κ2) is 6.64. The number of carbonyl (C=O) groups excluding carboxylic acids is 1. The predicted molar refractivity (Wildman–Crippen MR) is 84.7 cm³/mol. The molecule has 2 heterocycles. The van der Waals surface area contributed by atoms with Gasteiger partial charge < -0.3 is 10.2 Å². The predicted octanol–water partition coefficient (Wildman–Crippen LogP) is 1.97. The van der Waals surface area contributed by atoms with E-state index >= 15 is 0 Å². The smallest absolute Gasteiger partial charge is 0.248 e. The maximum absolute atomic E-state index is 13.5. The van der Waals surface area contributed by atoms with E-state index < -0.39 is 17.7 Å². The lowest BCUT2D eigenvalue weighted by atomic mass is 10.1. The summed E-state index contributed by atoms with van der Waals surface area (Å²) in [5.74, 6) is -2.04. The van der Waals surface area contributed by atoms with Crippen LogP contribution in [0, 0.1) is 11.6 Å². The monoisotopic (exact) mass is 342 g/mol. The topological polar surface area (TPSA) is 50.2 Å². The molecule has 0 saturated carbocycles. The van der Waals surface area contributed by atoms with Crippen molar-refractivity contribution in [3.05, 3.63) is 47.3 Å². The third-order valence-electron chi connectivity index (χ3n) is 3.88. The lowest BCUT2D eigenvalue weighted by Gasteiger charge is -2.23. The summed E-state index contributed by atoms with van der Waals surface area (Å²) in [5, 5.41) is 7.01. The van der Waals surface area contributed by atoms with Gasteiger partial charge in [0.15, 0.2) is 11.6 Å². The molecule has 8 heteroatoms. The normalized spacial score (nSPS) is 14.3. The Morgan fingerprint density at radius 1 is 1.35 bits per heavy atom. The van der Waals surface area contributed by atoms with E-state index in [1.165, 1.54) is 4.90 Å². The number of fused-ring (bicyclic) bond motifs is 1. The molecule has 0 fully saturated rings. The zero-order valence-corrected chi connectivity index (χ0v) is 13.5. The molecule has 1 aliphatic heterocycles. The molecule has 23 heavy (non-hydrogen) atoms. The molecule has 1 aliphatic rings. The van der Waals surface area contributed by atoms with Crippen LogP contribution in [0.2, 0.25) is 0 Å². The second-order valence-electron chi connectivity index (χ2n) is 5.30. The van der Waals surface area contributed by atoms with E-state index in [9.17, 15) is 13.6 Å². The first-order valence-corrected chi connectivity index (χ1v) is 6.96. The van der Waals surface area contributed by atoms with Crippen molar-refractivity contribution in [3.8, 4) is 0 Å². The fraction of sp³-hybridized carbons (Fsp3) is 0.333. The molecule has 1 aromatic carbocycles. The Kier molecular flexibility index (Phi) is 5.01. The van der Waals surface area contributed by atoms with Crippen LogP contribution in [0.5, 0.6) is 0 Å². The van der Waals surface area contributed by atoms with E-state index in [1.807, 2.05) is 0 Å². The summed E-state index contributed by atoms with van der Waals surface area (Å²) < 4.78 is 28.4. The Labute approximate surface area is 138 Å². The minimum Gasteiger partial charge on any atom is -0.310 e. The van der Waals surface area contributed by atoms with Crippen LogP contribution >= 0.6 is 12.4 Å². The summed E-state index contributed by atoms with van der Waals surface area (Å²) >= 11 is 0. The lowest BCUT2D eigenvalue weighted by Crippen LogP contribution is -2.39. The number of carbonyl (C=O) groups is 1. The van der Waals surface area contributed by atoms with E-state index in [2.05, 4.69) is 10.4 Å². The number of anilines is 1. The Morgan fingerprint density at radius 2 is 2.04 bits per heavy atom. The molecule has 1 atom stereocenters. The van der Waals surface area contributed by atoms with Crippen molar-refractivity contribution in [1.29, 1.82) is 0 Å². The first kappa shape index (κ1) is 17.4. The highest BCUT2D eigenvalue weighted by Crippen LogP contribution is 2.32. The van der Waals surface area contributed by atoms with E-state index in [1.54, 1.807) is 31.2 Å². The number of amides is 1. The highest BCUT2D eigenvalue weighted by atomic mass is 35.5. The molecular formula is C15H17ClF2N4O. The molecule has 2 aromatic rings. The quantitative estimate of drug-likeness (QED) is 0.928. The number of aryl methyl sites for hydroxylation is 1. The number of benzene rings is 1. The average molecular weight is 343 g/mol. The molecule has 1 amide bonds. The van der Waals surface area contributed by atoms with Gasteiger partial charge in [-0.25, -0.2) is 8.78 Å². The zero-order valence-electron chi connectivity index (χ0n) is 12.7. The SMILES string of the molecule is CNC(C(=O)N1CCc2cc(F)c(F)cc21)c1cnn(C)c1.Cl. The van der Waals surface area contributed by atoms with Crippen LogP contribution in [0.4, 0.5) is 14.5 Å². The summed E-state index contributed by atoms with van der Waals surface area (Å²) in [6.45, 7) is 0.412. The number of halogens is 3. The molecule has 0 saturated heterocycles. The molecule has 124 valence electrons. The zero-order chi connectivity index (χ0) is 15.9. The number of likely N-dealkylation sites (N-methyl/N-ethyl adjacent to an activating group) is 1. The number of rotatable bonds is 3. The Hall–Kier alpha value is -1.99. The number of nitrogens with one attached hydrogen (secondary N) is 1. The molecule has 1 unspecified atom stereocenters. The molecule has 0 aliphatic carbocycles. The van der Waals surface area contributed by atoms with Crippen molar-refractivity contribution < 1.29 is 13.6 Å². The van der Waals surface area contributed by atoms with E-state index in [0.29, 0.717) is 24.2 Å². The van der Waals surface area contributed by atoms with Crippen LogP contribution in [-0.2, 0) is 18.3 Å². The van der Waals surface area contributed by atoms with Gasteiger partial charge in [0.1, 0.15) is 6.04 Å². The average Bonchev–Trinajstić information content (AvgIpc) is 3.07. The Balaban J connectivity index is 0.00000192. The van der Waals surface area contributed by atoms with Gasteiger partial charge in [-0.3, -0.25) is 9.48 Å². The summed E-state index contributed by atoms with van der Waals surface area (Å²) in [5.41, 5.74) is 1.81. The van der Waals surface area contributed by atoms with Gasteiger partial charge in [0.25, 0.3) is 0 Å². The van der Waals surface area contributed by atoms with Crippen molar-refractivity contribution in [2.45, 2.75) is 12.5 Å². The van der Waals surface area contributed by atoms with Crippen LogP contribution in [-0.4, -0.2) is 29.3 Å². The van der Waals surface area contributed by atoms with Gasteiger partial charge in [0, 0.05) is 31.4 Å². The maximum atomic E-state index is 13.5. The molecule has 1 aromatic heterocycles.